The number of nitrogens with one attached hydrogen (secondary N) is 1. The van der Waals surface area contributed by atoms with Gasteiger partial charge in [-0.2, -0.15) is 0 Å². The van der Waals surface area contributed by atoms with Crippen LogP contribution in [0.25, 0.3) is 0 Å². The van der Waals surface area contributed by atoms with Gasteiger partial charge in [0.05, 0.1) is 19.6 Å². The minimum absolute atomic E-state index is 0.0344. The fraction of sp³-hybridized carbons (Fsp3) is 0.350. The molecule has 2 aromatic rings. The topological polar surface area (TPSA) is 47.6 Å². The summed E-state index contributed by atoms with van der Waals surface area (Å²) in [6.45, 7) is 7.35. The molecule has 0 unspecified atom stereocenters. The Bertz CT molecular complexity index is 665. The number of amides is 1. The average molecular weight is 327 g/mol. The Morgan fingerprint density at radius 3 is 2.38 bits per heavy atom. The van der Waals surface area contributed by atoms with Crippen LogP contribution in [-0.4, -0.2) is 25.7 Å². The molecule has 0 aliphatic heterocycles. The predicted octanol–water partition coefficient (Wildman–Crippen LogP) is 3.58. The Balaban J connectivity index is 1.61. The molecular weight excluding hydrogens is 302 g/mol. The van der Waals surface area contributed by atoms with Crippen LogP contribution < -0.4 is 14.8 Å². The van der Waals surface area contributed by atoms with Crippen LogP contribution in [-0.2, 0) is 4.79 Å². The van der Waals surface area contributed by atoms with E-state index in [9.17, 15) is 4.79 Å². The first-order valence-electron chi connectivity index (χ1n) is 8.21. The van der Waals surface area contributed by atoms with Crippen LogP contribution in [0.3, 0.4) is 0 Å². The minimum atomic E-state index is -0.0344. The van der Waals surface area contributed by atoms with Gasteiger partial charge in [0, 0.05) is 0 Å². The van der Waals surface area contributed by atoms with E-state index >= 15 is 0 Å². The second kappa shape index (κ2) is 8.96. The normalized spacial score (nSPS) is 10.3. The smallest absolute Gasteiger partial charge is 0.223 e. The van der Waals surface area contributed by atoms with Gasteiger partial charge in [-0.1, -0.05) is 29.8 Å². The maximum absolute atomic E-state index is 11.8. The van der Waals surface area contributed by atoms with E-state index in [0.29, 0.717) is 26.2 Å². The molecule has 0 aromatic heterocycles. The highest BCUT2D eigenvalue weighted by atomic mass is 16.5. The molecule has 4 heteroatoms. The summed E-state index contributed by atoms with van der Waals surface area (Å²) in [5.41, 5.74) is 3.42. The minimum Gasteiger partial charge on any atom is -0.493 e. The van der Waals surface area contributed by atoms with Crippen molar-refractivity contribution in [2.75, 3.05) is 19.8 Å². The summed E-state index contributed by atoms with van der Waals surface area (Å²) in [6.07, 6.45) is 0.331. The molecular formula is C20H25NO3. The van der Waals surface area contributed by atoms with Crippen molar-refractivity contribution in [3.63, 3.8) is 0 Å². The Morgan fingerprint density at radius 2 is 1.62 bits per heavy atom. The average Bonchev–Trinajstić information content (AvgIpc) is 2.56. The van der Waals surface area contributed by atoms with Crippen LogP contribution in [0.1, 0.15) is 23.1 Å². The Hall–Kier alpha value is -2.49. The second-order valence-electron chi connectivity index (χ2n) is 5.88. The van der Waals surface area contributed by atoms with E-state index in [1.807, 2.05) is 63.2 Å². The highest BCUT2D eigenvalue weighted by Crippen LogP contribution is 2.19. The molecule has 4 nitrogen and oxygen atoms in total. The van der Waals surface area contributed by atoms with Crippen molar-refractivity contribution in [3.05, 3.63) is 59.2 Å². The number of carbonyl (C=O) groups is 1. The Morgan fingerprint density at radius 1 is 0.917 bits per heavy atom. The number of carbonyl (C=O) groups excluding carboxylic acids is 1. The van der Waals surface area contributed by atoms with Crippen LogP contribution in [0.4, 0.5) is 0 Å². The molecule has 0 saturated heterocycles. The number of hydrogen-bond donors (Lipinski definition) is 1. The monoisotopic (exact) mass is 327 g/mol. The molecule has 0 saturated carbocycles. The first kappa shape index (κ1) is 17.9. The predicted molar refractivity (Wildman–Crippen MR) is 95.7 cm³/mol. The Labute approximate surface area is 143 Å². The quantitative estimate of drug-likeness (QED) is 0.754. The first-order chi connectivity index (χ1) is 11.5. The highest BCUT2D eigenvalue weighted by Gasteiger charge is 2.04. The summed E-state index contributed by atoms with van der Waals surface area (Å²) in [4.78, 5) is 11.8. The van der Waals surface area contributed by atoms with Gasteiger partial charge in [-0.25, -0.2) is 0 Å². The Kier molecular flexibility index (Phi) is 6.67. The van der Waals surface area contributed by atoms with Gasteiger partial charge in [0.2, 0.25) is 5.91 Å². The first-order valence-corrected chi connectivity index (χ1v) is 8.21. The number of rotatable bonds is 8. The van der Waals surface area contributed by atoms with Crippen molar-refractivity contribution in [2.45, 2.75) is 27.2 Å². The lowest BCUT2D eigenvalue weighted by Crippen LogP contribution is -2.29. The van der Waals surface area contributed by atoms with E-state index in [2.05, 4.69) is 5.32 Å². The summed E-state index contributed by atoms with van der Waals surface area (Å²) < 4.78 is 11.3. The van der Waals surface area contributed by atoms with Crippen molar-refractivity contribution in [3.8, 4) is 11.5 Å². The van der Waals surface area contributed by atoms with Gasteiger partial charge in [0.1, 0.15) is 18.1 Å². The molecule has 2 aromatic carbocycles. The van der Waals surface area contributed by atoms with Crippen LogP contribution >= 0.6 is 0 Å². The maximum atomic E-state index is 11.8. The van der Waals surface area contributed by atoms with Crippen LogP contribution in [0, 0.1) is 20.8 Å². The van der Waals surface area contributed by atoms with Crippen molar-refractivity contribution in [2.24, 2.45) is 0 Å². The zero-order valence-corrected chi connectivity index (χ0v) is 14.6. The molecule has 24 heavy (non-hydrogen) atoms. The zero-order chi connectivity index (χ0) is 17.4. The fourth-order valence-corrected chi connectivity index (χ4v) is 2.20. The summed E-state index contributed by atoms with van der Waals surface area (Å²) in [5.74, 6) is 1.62. The molecule has 2 rings (SSSR count). The second-order valence-corrected chi connectivity index (χ2v) is 5.88. The molecule has 128 valence electrons. The molecule has 0 aliphatic carbocycles. The van der Waals surface area contributed by atoms with Gasteiger partial charge in [0.25, 0.3) is 0 Å². The van der Waals surface area contributed by atoms with Crippen molar-refractivity contribution in [1.29, 1.82) is 0 Å². The third-order valence-electron chi connectivity index (χ3n) is 3.64. The number of hydrogen-bond acceptors (Lipinski definition) is 3. The molecule has 0 fully saturated rings. The van der Waals surface area contributed by atoms with Crippen LogP contribution in [0.15, 0.2) is 42.5 Å². The lowest BCUT2D eigenvalue weighted by molar-refractivity contribution is -0.121. The standard InChI is InChI=1S/C20H25NO3/c1-15-5-8-18(9-6-15)23-13-11-21-20(22)10-12-24-19-14-16(2)4-7-17(19)3/h4-9,14H,10-13H2,1-3H3,(H,21,22). The summed E-state index contributed by atoms with van der Waals surface area (Å²) in [7, 11) is 0. The number of ether oxygens (including phenoxy) is 2. The van der Waals surface area contributed by atoms with Crippen molar-refractivity contribution in [1.82, 2.24) is 5.32 Å². The SMILES string of the molecule is Cc1ccc(OCCNC(=O)CCOc2cc(C)ccc2C)cc1. The fourth-order valence-electron chi connectivity index (χ4n) is 2.20. The van der Waals surface area contributed by atoms with Crippen molar-refractivity contribution >= 4 is 5.91 Å². The van der Waals surface area contributed by atoms with Gasteiger partial charge >= 0.3 is 0 Å². The van der Waals surface area contributed by atoms with Crippen molar-refractivity contribution < 1.29 is 14.3 Å². The van der Waals surface area contributed by atoms with E-state index in [1.54, 1.807) is 0 Å². The molecule has 0 spiro atoms. The lowest BCUT2D eigenvalue weighted by Gasteiger charge is -2.10. The molecule has 0 radical (unpaired) electrons. The van der Waals surface area contributed by atoms with Gasteiger partial charge in [-0.3, -0.25) is 4.79 Å². The van der Waals surface area contributed by atoms with Gasteiger partial charge in [-0.05, 0) is 50.1 Å². The van der Waals surface area contributed by atoms with E-state index in [0.717, 1.165) is 22.6 Å². The van der Waals surface area contributed by atoms with E-state index in [1.165, 1.54) is 5.56 Å². The van der Waals surface area contributed by atoms with Gasteiger partial charge in [-0.15, -0.1) is 0 Å². The van der Waals surface area contributed by atoms with E-state index < -0.39 is 0 Å². The molecule has 1 amide bonds. The summed E-state index contributed by atoms with van der Waals surface area (Å²) >= 11 is 0. The van der Waals surface area contributed by atoms with Crippen LogP contribution in [0.5, 0.6) is 11.5 Å². The molecule has 0 aliphatic rings. The lowest BCUT2D eigenvalue weighted by atomic mass is 10.1. The van der Waals surface area contributed by atoms with E-state index in [4.69, 9.17) is 9.47 Å². The summed E-state index contributed by atoms with van der Waals surface area (Å²) in [6, 6.07) is 13.9. The zero-order valence-electron chi connectivity index (χ0n) is 14.6. The van der Waals surface area contributed by atoms with Crippen LogP contribution in [0.2, 0.25) is 0 Å². The molecule has 0 heterocycles. The number of aryl methyl sites for hydroxylation is 3. The largest absolute Gasteiger partial charge is 0.493 e. The third-order valence-corrected chi connectivity index (χ3v) is 3.64. The molecule has 1 N–H and O–H groups in total. The number of benzene rings is 2. The molecule has 0 bridgehead atoms. The highest BCUT2D eigenvalue weighted by molar-refractivity contribution is 5.75. The third kappa shape index (κ3) is 5.95. The maximum Gasteiger partial charge on any atom is 0.223 e. The van der Waals surface area contributed by atoms with Gasteiger partial charge in [0.15, 0.2) is 0 Å². The van der Waals surface area contributed by atoms with Gasteiger partial charge < -0.3 is 14.8 Å². The molecule has 0 atom stereocenters. The van der Waals surface area contributed by atoms with E-state index in [-0.39, 0.29) is 5.91 Å². The summed E-state index contributed by atoms with van der Waals surface area (Å²) in [5, 5.41) is 2.83.